The van der Waals surface area contributed by atoms with Gasteiger partial charge in [-0.15, -0.1) is 0 Å². The summed E-state index contributed by atoms with van der Waals surface area (Å²) in [5.74, 6) is 0.0323. The summed E-state index contributed by atoms with van der Waals surface area (Å²) in [6.45, 7) is 6.97. The Morgan fingerprint density at radius 2 is 1.86 bits per heavy atom. The molecule has 2 aliphatic rings. The van der Waals surface area contributed by atoms with E-state index in [1.54, 1.807) is 4.90 Å². The van der Waals surface area contributed by atoms with Gasteiger partial charge in [0.05, 0.1) is 13.2 Å². The molecule has 7 nitrogen and oxygen atoms in total. The number of nitrogens with zero attached hydrogens (tertiary/aromatic N) is 3. The van der Waals surface area contributed by atoms with Crippen LogP contribution in [0.15, 0.2) is 0 Å². The second-order valence-corrected chi connectivity index (χ2v) is 5.56. The molecule has 0 radical (unpaired) electrons. The molecule has 0 bridgehead atoms. The molecule has 0 aromatic carbocycles. The SMILES string of the molecule is CCOC(=O)N1CCN(C2CCCN(C(=O)CN)C2)CC1. The molecule has 0 aromatic rings. The van der Waals surface area contributed by atoms with E-state index in [2.05, 4.69) is 4.90 Å². The summed E-state index contributed by atoms with van der Waals surface area (Å²) in [5.41, 5.74) is 5.44. The average molecular weight is 298 g/mol. The third-order valence-corrected chi connectivity index (χ3v) is 4.28. The lowest BCUT2D eigenvalue weighted by Crippen LogP contribution is -2.57. The first-order valence-corrected chi connectivity index (χ1v) is 7.79. The zero-order valence-electron chi connectivity index (χ0n) is 12.8. The topological polar surface area (TPSA) is 79.1 Å². The zero-order chi connectivity index (χ0) is 15.2. The Balaban J connectivity index is 1.81. The Morgan fingerprint density at radius 3 is 2.48 bits per heavy atom. The number of rotatable bonds is 3. The number of likely N-dealkylation sites (tertiary alicyclic amines) is 1. The first kappa shape index (κ1) is 16.0. The van der Waals surface area contributed by atoms with Crippen LogP contribution in [0.2, 0.25) is 0 Å². The number of piperidine rings is 1. The highest BCUT2D eigenvalue weighted by molar-refractivity contribution is 5.78. The number of carbonyl (C=O) groups excluding carboxylic acids is 2. The van der Waals surface area contributed by atoms with Crippen LogP contribution in [-0.4, -0.2) is 85.2 Å². The summed E-state index contributed by atoms with van der Waals surface area (Å²) in [6.07, 6.45) is 1.91. The first-order valence-electron chi connectivity index (χ1n) is 7.79. The van der Waals surface area contributed by atoms with Gasteiger partial charge in [0.15, 0.2) is 0 Å². The maximum Gasteiger partial charge on any atom is 0.409 e. The van der Waals surface area contributed by atoms with E-state index in [0.29, 0.717) is 25.7 Å². The van der Waals surface area contributed by atoms with Gasteiger partial charge in [-0.3, -0.25) is 9.69 Å². The maximum absolute atomic E-state index is 11.7. The maximum atomic E-state index is 11.7. The number of carbonyl (C=O) groups is 2. The van der Waals surface area contributed by atoms with E-state index in [1.165, 1.54) is 0 Å². The molecule has 0 saturated carbocycles. The van der Waals surface area contributed by atoms with E-state index < -0.39 is 0 Å². The first-order chi connectivity index (χ1) is 10.2. The van der Waals surface area contributed by atoms with Crippen molar-refractivity contribution in [2.45, 2.75) is 25.8 Å². The fourth-order valence-corrected chi connectivity index (χ4v) is 3.09. The van der Waals surface area contributed by atoms with Crippen molar-refractivity contribution in [2.75, 3.05) is 52.4 Å². The summed E-state index contributed by atoms with van der Waals surface area (Å²) in [7, 11) is 0. The average Bonchev–Trinajstić information content (AvgIpc) is 2.54. The van der Waals surface area contributed by atoms with Crippen molar-refractivity contribution in [3.05, 3.63) is 0 Å². The number of nitrogens with two attached hydrogens (primary N) is 1. The van der Waals surface area contributed by atoms with Gasteiger partial charge in [0, 0.05) is 45.3 Å². The van der Waals surface area contributed by atoms with Gasteiger partial charge >= 0.3 is 6.09 Å². The molecule has 2 rings (SSSR count). The van der Waals surface area contributed by atoms with Crippen molar-refractivity contribution < 1.29 is 14.3 Å². The monoisotopic (exact) mass is 298 g/mol. The molecular formula is C14H26N4O3. The molecule has 1 atom stereocenters. The van der Waals surface area contributed by atoms with E-state index in [-0.39, 0.29) is 18.5 Å². The fourth-order valence-electron chi connectivity index (χ4n) is 3.09. The highest BCUT2D eigenvalue weighted by Gasteiger charge is 2.30. The smallest absolute Gasteiger partial charge is 0.409 e. The quantitative estimate of drug-likeness (QED) is 0.774. The Hall–Kier alpha value is -1.34. The van der Waals surface area contributed by atoms with Crippen molar-refractivity contribution in [1.82, 2.24) is 14.7 Å². The Kier molecular flexibility index (Phi) is 5.81. The molecule has 2 aliphatic heterocycles. The van der Waals surface area contributed by atoms with E-state index in [0.717, 1.165) is 39.0 Å². The Morgan fingerprint density at radius 1 is 1.14 bits per heavy atom. The molecule has 7 heteroatoms. The summed E-state index contributed by atoms with van der Waals surface area (Å²) in [6, 6.07) is 0.388. The summed E-state index contributed by atoms with van der Waals surface area (Å²) < 4.78 is 5.03. The Bertz CT molecular complexity index is 369. The van der Waals surface area contributed by atoms with E-state index >= 15 is 0 Å². The number of hydrogen-bond acceptors (Lipinski definition) is 5. The van der Waals surface area contributed by atoms with Gasteiger partial charge in [-0.05, 0) is 19.8 Å². The van der Waals surface area contributed by atoms with E-state index in [9.17, 15) is 9.59 Å². The van der Waals surface area contributed by atoms with Crippen LogP contribution in [0.4, 0.5) is 4.79 Å². The highest BCUT2D eigenvalue weighted by atomic mass is 16.6. The molecule has 21 heavy (non-hydrogen) atoms. The molecule has 0 aliphatic carbocycles. The summed E-state index contributed by atoms with van der Waals surface area (Å²) in [4.78, 5) is 29.4. The molecule has 0 spiro atoms. The van der Waals surface area contributed by atoms with Crippen molar-refractivity contribution in [3.8, 4) is 0 Å². The number of piperazine rings is 1. The molecule has 2 amide bonds. The van der Waals surface area contributed by atoms with Crippen LogP contribution in [0.1, 0.15) is 19.8 Å². The van der Waals surface area contributed by atoms with E-state index in [4.69, 9.17) is 10.5 Å². The van der Waals surface area contributed by atoms with Crippen LogP contribution in [0.3, 0.4) is 0 Å². The van der Waals surface area contributed by atoms with Gasteiger partial charge in [-0.2, -0.15) is 0 Å². The molecular weight excluding hydrogens is 272 g/mol. The lowest BCUT2D eigenvalue weighted by Gasteiger charge is -2.43. The predicted molar refractivity (Wildman–Crippen MR) is 78.8 cm³/mol. The fraction of sp³-hybridized carbons (Fsp3) is 0.857. The largest absolute Gasteiger partial charge is 0.450 e. The Labute approximate surface area is 126 Å². The minimum absolute atomic E-state index is 0.0323. The predicted octanol–water partition coefficient (Wildman–Crippen LogP) is -0.290. The molecule has 1 unspecified atom stereocenters. The number of hydrogen-bond donors (Lipinski definition) is 1. The van der Waals surface area contributed by atoms with Crippen molar-refractivity contribution in [1.29, 1.82) is 0 Å². The third kappa shape index (κ3) is 4.07. The minimum Gasteiger partial charge on any atom is -0.450 e. The normalized spacial score (nSPS) is 24.0. The van der Waals surface area contributed by atoms with Crippen LogP contribution in [0.5, 0.6) is 0 Å². The number of ether oxygens (including phenoxy) is 1. The second kappa shape index (κ2) is 7.61. The third-order valence-electron chi connectivity index (χ3n) is 4.28. The van der Waals surface area contributed by atoms with Crippen molar-refractivity contribution >= 4 is 12.0 Å². The second-order valence-electron chi connectivity index (χ2n) is 5.56. The van der Waals surface area contributed by atoms with Crippen LogP contribution in [0, 0.1) is 0 Å². The minimum atomic E-state index is -0.222. The van der Waals surface area contributed by atoms with Gasteiger partial charge in [0.2, 0.25) is 5.91 Å². The van der Waals surface area contributed by atoms with Gasteiger partial charge in [0.1, 0.15) is 0 Å². The summed E-state index contributed by atoms with van der Waals surface area (Å²) >= 11 is 0. The van der Waals surface area contributed by atoms with Gasteiger partial charge in [-0.25, -0.2) is 4.79 Å². The van der Waals surface area contributed by atoms with Gasteiger partial charge < -0.3 is 20.3 Å². The van der Waals surface area contributed by atoms with Gasteiger partial charge in [0.25, 0.3) is 0 Å². The van der Waals surface area contributed by atoms with Gasteiger partial charge in [-0.1, -0.05) is 0 Å². The molecule has 2 N–H and O–H groups in total. The number of amides is 2. The van der Waals surface area contributed by atoms with E-state index in [1.807, 2.05) is 11.8 Å². The molecule has 2 fully saturated rings. The van der Waals surface area contributed by atoms with Crippen LogP contribution in [0.25, 0.3) is 0 Å². The zero-order valence-corrected chi connectivity index (χ0v) is 12.8. The van der Waals surface area contributed by atoms with Crippen molar-refractivity contribution in [3.63, 3.8) is 0 Å². The van der Waals surface area contributed by atoms with Crippen LogP contribution >= 0.6 is 0 Å². The van der Waals surface area contributed by atoms with Crippen molar-refractivity contribution in [2.24, 2.45) is 5.73 Å². The lowest BCUT2D eigenvalue weighted by molar-refractivity contribution is -0.132. The standard InChI is InChI=1S/C14H26N4O3/c1-2-21-14(20)17-8-6-16(7-9-17)12-4-3-5-18(11-12)13(19)10-15/h12H,2-11,15H2,1H3. The summed E-state index contributed by atoms with van der Waals surface area (Å²) in [5, 5.41) is 0. The highest BCUT2D eigenvalue weighted by Crippen LogP contribution is 2.18. The van der Waals surface area contributed by atoms with Crippen LogP contribution in [-0.2, 0) is 9.53 Å². The molecule has 2 saturated heterocycles. The molecule has 2 heterocycles. The van der Waals surface area contributed by atoms with Crippen LogP contribution < -0.4 is 5.73 Å². The lowest BCUT2D eigenvalue weighted by atomic mass is 10.0. The molecule has 120 valence electrons. The molecule has 0 aromatic heterocycles.